The lowest BCUT2D eigenvalue weighted by atomic mass is 9.78. The molecule has 2 rings (SSSR count). The van der Waals surface area contributed by atoms with E-state index in [9.17, 15) is 0 Å². The molecule has 0 spiro atoms. The highest BCUT2D eigenvalue weighted by atomic mass is 15.1. The maximum atomic E-state index is 6.52. The van der Waals surface area contributed by atoms with Crippen molar-refractivity contribution in [2.45, 2.75) is 46.6 Å². The van der Waals surface area contributed by atoms with Gasteiger partial charge in [-0.25, -0.2) is 0 Å². The van der Waals surface area contributed by atoms with Gasteiger partial charge >= 0.3 is 0 Å². The van der Waals surface area contributed by atoms with Gasteiger partial charge in [0.25, 0.3) is 0 Å². The standard InChI is InChI=1S/C18H30N2/c1-17(2)10-12-20(13-11-17)14-18(3,4)16(19)15-8-6-5-7-9-15/h5-9,16H,10-14,19H2,1-4H3. The molecule has 0 saturated carbocycles. The Balaban J connectivity index is 1.97. The second-order valence-corrected chi connectivity index (χ2v) is 7.82. The molecule has 1 aromatic rings. The third kappa shape index (κ3) is 3.83. The zero-order valence-electron chi connectivity index (χ0n) is 13.5. The molecule has 1 aromatic carbocycles. The lowest BCUT2D eigenvalue weighted by molar-refractivity contribution is 0.0844. The monoisotopic (exact) mass is 274 g/mol. The number of hydrogen-bond acceptors (Lipinski definition) is 2. The number of hydrogen-bond donors (Lipinski definition) is 1. The Morgan fingerprint density at radius 3 is 2.25 bits per heavy atom. The van der Waals surface area contributed by atoms with Crippen LogP contribution in [0.4, 0.5) is 0 Å². The summed E-state index contributed by atoms with van der Waals surface area (Å²) in [6.45, 7) is 12.8. The van der Waals surface area contributed by atoms with E-state index in [-0.39, 0.29) is 11.5 Å². The van der Waals surface area contributed by atoms with Gasteiger partial charge in [-0.15, -0.1) is 0 Å². The van der Waals surface area contributed by atoms with E-state index in [1.54, 1.807) is 0 Å². The minimum Gasteiger partial charge on any atom is -0.323 e. The fraction of sp³-hybridized carbons (Fsp3) is 0.667. The highest BCUT2D eigenvalue weighted by Gasteiger charge is 2.33. The first kappa shape index (κ1) is 15.5. The van der Waals surface area contributed by atoms with Crippen LogP contribution in [0.3, 0.4) is 0 Å². The van der Waals surface area contributed by atoms with Crippen molar-refractivity contribution in [3.63, 3.8) is 0 Å². The van der Waals surface area contributed by atoms with Gasteiger partial charge < -0.3 is 10.6 Å². The normalized spacial score (nSPS) is 21.6. The van der Waals surface area contributed by atoms with E-state index < -0.39 is 0 Å². The zero-order valence-corrected chi connectivity index (χ0v) is 13.5. The van der Waals surface area contributed by atoms with Crippen molar-refractivity contribution in [1.29, 1.82) is 0 Å². The van der Waals surface area contributed by atoms with Crippen LogP contribution in [-0.4, -0.2) is 24.5 Å². The number of piperidine rings is 1. The third-order valence-electron chi connectivity index (χ3n) is 4.84. The SMILES string of the molecule is CC1(C)CCN(CC(C)(C)C(N)c2ccccc2)CC1. The summed E-state index contributed by atoms with van der Waals surface area (Å²) in [4.78, 5) is 2.59. The predicted octanol–water partition coefficient (Wildman–Crippen LogP) is 3.83. The number of nitrogens with two attached hydrogens (primary N) is 1. The highest BCUT2D eigenvalue weighted by Crippen LogP contribution is 2.35. The van der Waals surface area contributed by atoms with Gasteiger partial charge in [-0.05, 0) is 42.3 Å². The van der Waals surface area contributed by atoms with Crippen molar-refractivity contribution in [1.82, 2.24) is 4.90 Å². The Bertz CT molecular complexity index is 412. The van der Waals surface area contributed by atoms with Crippen molar-refractivity contribution in [3.8, 4) is 0 Å². The lowest BCUT2D eigenvalue weighted by Gasteiger charge is -2.42. The molecule has 1 heterocycles. The van der Waals surface area contributed by atoms with Crippen molar-refractivity contribution < 1.29 is 0 Å². The Morgan fingerprint density at radius 2 is 1.70 bits per heavy atom. The van der Waals surface area contributed by atoms with Crippen LogP contribution in [0, 0.1) is 10.8 Å². The maximum Gasteiger partial charge on any atom is 0.0359 e. The second kappa shape index (κ2) is 5.87. The van der Waals surface area contributed by atoms with E-state index in [1.165, 1.54) is 31.5 Å². The zero-order chi connectivity index (χ0) is 14.8. The first-order chi connectivity index (χ1) is 9.30. The summed E-state index contributed by atoms with van der Waals surface area (Å²) >= 11 is 0. The predicted molar refractivity (Wildman–Crippen MR) is 86.6 cm³/mol. The van der Waals surface area contributed by atoms with Gasteiger partial charge in [0.2, 0.25) is 0 Å². The van der Waals surface area contributed by atoms with Crippen molar-refractivity contribution in [3.05, 3.63) is 35.9 Å². The quantitative estimate of drug-likeness (QED) is 0.904. The minimum absolute atomic E-state index is 0.0960. The lowest BCUT2D eigenvalue weighted by Crippen LogP contribution is -2.45. The van der Waals surface area contributed by atoms with Crippen LogP contribution in [0.5, 0.6) is 0 Å². The van der Waals surface area contributed by atoms with Gasteiger partial charge in [0.15, 0.2) is 0 Å². The fourth-order valence-electron chi connectivity index (χ4n) is 3.10. The van der Waals surface area contributed by atoms with E-state index >= 15 is 0 Å². The Kier molecular flexibility index (Phi) is 4.55. The average Bonchev–Trinajstić information content (AvgIpc) is 2.41. The van der Waals surface area contributed by atoms with E-state index in [4.69, 9.17) is 5.73 Å². The molecule has 1 saturated heterocycles. The molecule has 0 amide bonds. The van der Waals surface area contributed by atoms with Crippen LogP contribution in [0.2, 0.25) is 0 Å². The Labute approximate surface area is 124 Å². The molecular formula is C18H30N2. The van der Waals surface area contributed by atoms with Crippen LogP contribution >= 0.6 is 0 Å². The van der Waals surface area contributed by atoms with E-state index in [2.05, 4.69) is 62.9 Å². The summed E-state index contributed by atoms with van der Waals surface area (Å²) in [5.41, 5.74) is 8.38. The molecule has 0 aromatic heterocycles. The molecule has 2 nitrogen and oxygen atoms in total. The summed E-state index contributed by atoms with van der Waals surface area (Å²) in [5, 5.41) is 0. The van der Waals surface area contributed by atoms with Gasteiger partial charge in [0, 0.05) is 12.6 Å². The smallest absolute Gasteiger partial charge is 0.0359 e. The van der Waals surface area contributed by atoms with Crippen molar-refractivity contribution in [2.75, 3.05) is 19.6 Å². The topological polar surface area (TPSA) is 29.3 Å². The van der Waals surface area contributed by atoms with Gasteiger partial charge in [0.1, 0.15) is 0 Å². The summed E-state index contributed by atoms with van der Waals surface area (Å²) in [7, 11) is 0. The number of benzene rings is 1. The first-order valence-electron chi connectivity index (χ1n) is 7.83. The molecule has 112 valence electrons. The van der Waals surface area contributed by atoms with E-state index in [0.29, 0.717) is 5.41 Å². The highest BCUT2D eigenvalue weighted by molar-refractivity contribution is 5.20. The number of rotatable bonds is 4. The van der Waals surface area contributed by atoms with E-state index in [1.807, 2.05) is 0 Å². The molecule has 2 N–H and O–H groups in total. The first-order valence-corrected chi connectivity index (χ1v) is 7.83. The maximum absolute atomic E-state index is 6.52. The molecule has 1 atom stereocenters. The van der Waals surface area contributed by atoms with Crippen molar-refractivity contribution >= 4 is 0 Å². The second-order valence-electron chi connectivity index (χ2n) is 7.82. The fourth-order valence-corrected chi connectivity index (χ4v) is 3.10. The summed E-state index contributed by atoms with van der Waals surface area (Å²) in [5.74, 6) is 0. The molecule has 0 aliphatic carbocycles. The van der Waals surface area contributed by atoms with Crippen molar-refractivity contribution in [2.24, 2.45) is 16.6 Å². The summed E-state index contributed by atoms with van der Waals surface area (Å²) in [6, 6.07) is 10.6. The number of nitrogens with zero attached hydrogens (tertiary/aromatic N) is 1. The molecule has 0 bridgehead atoms. The van der Waals surface area contributed by atoms with Gasteiger partial charge in [0.05, 0.1) is 0 Å². The largest absolute Gasteiger partial charge is 0.323 e. The van der Waals surface area contributed by atoms with Crippen LogP contribution in [0.15, 0.2) is 30.3 Å². The molecule has 20 heavy (non-hydrogen) atoms. The Morgan fingerprint density at radius 1 is 1.15 bits per heavy atom. The van der Waals surface area contributed by atoms with Crippen LogP contribution in [-0.2, 0) is 0 Å². The third-order valence-corrected chi connectivity index (χ3v) is 4.84. The Hall–Kier alpha value is -0.860. The van der Waals surface area contributed by atoms with Gasteiger partial charge in [-0.3, -0.25) is 0 Å². The average molecular weight is 274 g/mol. The molecule has 1 aliphatic heterocycles. The molecule has 0 radical (unpaired) electrons. The molecule has 1 unspecified atom stereocenters. The van der Waals surface area contributed by atoms with Gasteiger partial charge in [-0.1, -0.05) is 58.0 Å². The van der Waals surface area contributed by atoms with Crippen LogP contribution in [0.1, 0.15) is 52.1 Å². The van der Waals surface area contributed by atoms with E-state index in [0.717, 1.165) is 6.54 Å². The summed E-state index contributed by atoms with van der Waals surface area (Å²) in [6.07, 6.45) is 2.59. The van der Waals surface area contributed by atoms with Crippen LogP contribution < -0.4 is 5.73 Å². The summed E-state index contributed by atoms with van der Waals surface area (Å²) < 4.78 is 0. The molecule has 2 heteroatoms. The molecular weight excluding hydrogens is 244 g/mol. The number of likely N-dealkylation sites (tertiary alicyclic amines) is 1. The van der Waals surface area contributed by atoms with Crippen LogP contribution in [0.25, 0.3) is 0 Å². The minimum atomic E-state index is 0.0960. The molecule has 1 fully saturated rings. The van der Waals surface area contributed by atoms with Gasteiger partial charge in [-0.2, -0.15) is 0 Å². The molecule has 1 aliphatic rings.